The van der Waals surface area contributed by atoms with Crippen molar-refractivity contribution in [1.29, 1.82) is 0 Å². The lowest BCUT2D eigenvalue weighted by atomic mass is 9.96. The first kappa shape index (κ1) is 20.1. The van der Waals surface area contributed by atoms with Crippen molar-refractivity contribution in [3.8, 4) is 0 Å². The van der Waals surface area contributed by atoms with Crippen LogP contribution in [0, 0.1) is 0 Å². The molecule has 0 fully saturated rings. The number of carbonyl (C=O) groups excluding carboxylic acids is 2. The van der Waals surface area contributed by atoms with Gasteiger partial charge in [-0.25, -0.2) is 0 Å². The summed E-state index contributed by atoms with van der Waals surface area (Å²) in [6, 6.07) is -0.672. The van der Waals surface area contributed by atoms with E-state index in [9.17, 15) is 9.59 Å². The molecule has 7 heteroatoms. The summed E-state index contributed by atoms with van der Waals surface area (Å²) >= 11 is 0. The lowest BCUT2D eigenvalue weighted by molar-refractivity contribution is -0.123. The zero-order chi connectivity index (χ0) is 18.2. The topological polar surface area (TPSA) is 111 Å². The van der Waals surface area contributed by atoms with Crippen LogP contribution >= 0.6 is 0 Å². The molecular weight excluding hydrogens is 308 g/mol. The molecule has 7 nitrogen and oxygen atoms in total. The van der Waals surface area contributed by atoms with E-state index in [0.29, 0.717) is 12.2 Å². The van der Waals surface area contributed by atoms with E-state index in [1.807, 2.05) is 20.8 Å². The van der Waals surface area contributed by atoms with Gasteiger partial charge in [-0.05, 0) is 6.42 Å². The van der Waals surface area contributed by atoms with Crippen molar-refractivity contribution >= 4 is 11.8 Å². The van der Waals surface area contributed by atoms with Gasteiger partial charge >= 0.3 is 0 Å². The molecule has 1 rings (SSSR count). The van der Waals surface area contributed by atoms with E-state index in [0.717, 1.165) is 19.3 Å². The largest absolute Gasteiger partial charge is 0.370 e. The van der Waals surface area contributed by atoms with Crippen molar-refractivity contribution in [3.63, 3.8) is 0 Å². The highest BCUT2D eigenvalue weighted by Crippen LogP contribution is 2.22. The molecule has 1 aromatic rings. The van der Waals surface area contributed by atoms with Crippen LogP contribution in [-0.2, 0) is 15.0 Å². The van der Waals surface area contributed by atoms with Crippen molar-refractivity contribution in [3.05, 3.63) is 11.7 Å². The molecule has 3 N–H and O–H groups in total. The summed E-state index contributed by atoms with van der Waals surface area (Å²) in [6.07, 6.45) is 5.69. The van der Waals surface area contributed by atoms with Crippen LogP contribution in [0.3, 0.4) is 0 Å². The van der Waals surface area contributed by atoms with Gasteiger partial charge in [-0.15, -0.1) is 0 Å². The summed E-state index contributed by atoms with van der Waals surface area (Å²) in [6.45, 7) is 8.02. The number of rotatable bonds is 10. The van der Waals surface area contributed by atoms with Gasteiger partial charge in [-0.1, -0.05) is 58.5 Å². The van der Waals surface area contributed by atoms with Gasteiger partial charge < -0.3 is 15.6 Å². The van der Waals surface area contributed by atoms with Gasteiger partial charge in [0.15, 0.2) is 5.82 Å². The Morgan fingerprint density at radius 1 is 1.21 bits per heavy atom. The van der Waals surface area contributed by atoms with Crippen LogP contribution in [-0.4, -0.2) is 22.0 Å². The van der Waals surface area contributed by atoms with Gasteiger partial charge in [-0.3, -0.25) is 9.59 Å². The molecule has 2 amide bonds. The summed E-state index contributed by atoms with van der Waals surface area (Å²) in [5.41, 5.74) is 5.00. The maximum absolute atomic E-state index is 12.1. The number of hydrogen-bond acceptors (Lipinski definition) is 5. The SMILES string of the molecule is CCCCCCCC(=O)N[C@H](CC(N)=O)c1nc(C(C)(C)C)no1. The Morgan fingerprint density at radius 2 is 1.88 bits per heavy atom. The molecule has 0 aliphatic carbocycles. The first-order valence-electron chi connectivity index (χ1n) is 8.65. The third-order valence-electron chi connectivity index (χ3n) is 3.66. The van der Waals surface area contributed by atoms with Crippen LogP contribution < -0.4 is 11.1 Å². The maximum Gasteiger partial charge on any atom is 0.249 e. The Bertz CT molecular complexity index is 534. The van der Waals surface area contributed by atoms with Gasteiger partial charge in [-0.2, -0.15) is 4.98 Å². The summed E-state index contributed by atoms with van der Waals surface area (Å²) in [5.74, 6) is 0.0888. The van der Waals surface area contributed by atoms with Crippen molar-refractivity contribution < 1.29 is 14.1 Å². The van der Waals surface area contributed by atoms with Crippen LogP contribution in [0.2, 0.25) is 0 Å². The molecule has 0 saturated carbocycles. The number of unbranched alkanes of at least 4 members (excludes halogenated alkanes) is 4. The molecule has 1 aromatic heterocycles. The van der Waals surface area contributed by atoms with E-state index in [1.54, 1.807) is 0 Å². The van der Waals surface area contributed by atoms with E-state index >= 15 is 0 Å². The number of nitrogens with zero attached hydrogens (tertiary/aromatic N) is 2. The Labute approximate surface area is 143 Å². The molecule has 0 spiro atoms. The monoisotopic (exact) mass is 338 g/mol. The lowest BCUT2D eigenvalue weighted by Crippen LogP contribution is -2.32. The molecular formula is C17H30N4O3. The third kappa shape index (κ3) is 7.10. The van der Waals surface area contributed by atoms with Gasteiger partial charge in [0.05, 0.1) is 6.42 Å². The zero-order valence-corrected chi connectivity index (χ0v) is 15.2. The first-order chi connectivity index (χ1) is 11.2. The third-order valence-corrected chi connectivity index (χ3v) is 3.66. The minimum Gasteiger partial charge on any atom is -0.370 e. The molecule has 0 radical (unpaired) electrons. The highest BCUT2D eigenvalue weighted by Gasteiger charge is 2.27. The number of amides is 2. The Balaban J connectivity index is 2.64. The maximum atomic E-state index is 12.1. The van der Waals surface area contributed by atoms with Crippen LogP contribution in [0.15, 0.2) is 4.52 Å². The van der Waals surface area contributed by atoms with Crippen molar-refractivity contribution in [2.45, 2.75) is 84.1 Å². The number of aromatic nitrogens is 2. The van der Waals surface area contributed by atoms with Gasteiger partial charge in [0, 0.05) is 11.8 Å². The molecule has 0 aliphatic rings. The summed E-state index contributed by atoms with van der Waals surface area (Å²) in [5, 5.41) is 6.71. The number of primary amides is 1. The standard InChI is InChI=1S/C17H30N4O3/c1-5-6-7-8-9-10-14(23)19-12(11-13(18)22)15-20-16(21-24-15)17(2,3)4/h12H,5-11H2,1-4H3,(H2,18,22)(H,19,23)/t12-/m1/s1. The van der Waals surface area contributed by atoms with Gasteiger partial charge in [0.1, 0.15) is 6.04 Å². The second-order valence-corrected chi connectivity index (χ2v) is 7.16. The van der Waals surface area contributed by atoms with E-state index < -0.39 is 11.9 Å². The van der Waals surface area contributed by atoms with E-state index in [-0.39, 0.29) is 23.6 Å². The van der Waals surface area contributed by atoms with Crippen molar-refractivity contribution in [2.24, 2.45) is 5.73 Å². The molecule has 0 aromatic carbocycles. The minimum atomic E-state index is -0.672. The second kappa shape index (κ2) is 9.39. The fourth-order valence-corrected chi connectivity index (χ4v) is 2.24. The molecule has 1 atom stereocenters. The summed E-state index contributed by atoms with van der Waals surface area (Å²) in [7, 11) is 0. The summed E-state index contributed by atoms with van der Waals surface area (Å²) in [4.78, 5) is 27.7. The average molecular weight is 338 g/mol. The predicted molar refractivity (Wildman–Crippen MR) is 91.1 cm³/mol. The molecule has 24 heavy (non-hydrogen) atoms. The Kier molecular flexibility index (Phi) is 7.88. The highest BCUT2D eigenvalue weighted by molar-refractivity contribution is 5.78. The van der Waals surface area contributed by atoms with E-state index in [1.165, 1.54) is 12.8 Å². The van der Waals surface area contributed by atoms with Crippen LogP contribution in [0.5, 0.6) is 0 Å². The van der Waals surface area contributed by atoms with E-state index in [2.05, 4.69) is 22.4 Å². The molecule has 0 saturated heterocycles. The van der Waals surface area contributed by atoms with Gasteiger partial charge in [0.2, 0.25) is 17.7 Å². The highest BCUT2D eigenvalue weighted by atomic mass is 16.5. The zero-order valence-electron chi connectivity index (χ0n) is 15.2. The predicted octanol–water partition coefficient (Wildman–Crippen LogP) is 2.76. The normalized spacial score (nSPS) is 12.8. The lowest BCUT2D eigenvalue weighted by Gasteiger charge is -2.14. The van der Waals surface area contributed by atoms with Crippen molar-refractivity contribution in [1.82, 2.24) is 15.5 Å². The summed E-state index contributed by atoms with van der Waals surface area (Å²) < 4.78 is 5.23. The smallest absolute Gasteiger partial charge is 0.249 e. The molecule has 0 bridgehead atoms. The molecule has 136 valence electrons. The van der Waals surface area contributed by atoms with Crippen LogP contribution in [0.1, 0.15) is 90.4 Å². The second-order valence-electron chi connectivity index (χ2n) is 7.16. The number of hydrogen-bond donors (Lipinski definition) is 2. The Morgan fingerprint density at radius 3 is 2.42 bits per heavy atom. The van der Waals surface area contributed by atoms with Crippen molar-refractivity contribution in [2.75, 3.05) is 0 Å². The first-order valence-corrected chi connectivity index (χ1v) is 8.65. The average Bonchev–Trinajstić information content (AvgIpc) is 2.95. The quantitative estimate of drug-likeness (QED) is 0.637. The fourth-order valence-electron chi connectivity index (χ4n) is 2.24. The van der Waals surface area contributed by atoms with Crippen LogP contribution in [0.25, 0.3) is 0 Å². The number of nitrogens with two attached hydrogens (primary N) is 1. The molecule has 1 heterocycles. The van der Waals surface area contributed by atoms with Crippen LogP contribution in [0.4, 0.5) is 0 Å². The molecule has 0 unspecified atom stereocenters. The number of carbonyl (C=O) groups is 2. The van der Waals surface area contributed by atoms with E-state index in [4.69, 9.17) is 10.3 Å². The minimum absolute atomic E-state index is 0.0622. The number of nitrogens with one attached hydrogen (secondary N) is 1. The fraction of sp³-hybridized carbons (Fsp3) is 0.765. The van der Waals surface area contributed by atoms with Gasteiger partial charge in [0.25, 0.3) is 0 Å². The molecule has 0 aliphatic heterocycles. The Hall–Kier alpha value is -1.92.